The van der Waals surface area contributed by atoms with Gasteiger partial charge in [-0.3, -0.25) is 4.79 Å². The van der Waals surface area contributed by atoms with Crippen LogP contribution in [0.3, 0.4) is 0 Å². The highest BCUT2D eigenvalue weighted by molar-refractivity contribution is 7.89. The summed E-state index contributed by atoms with van der Waals surface area (Å²) >= 11 is 0. The average molecular weight is 580 g/mol. The topological polar surface area (TPSA) is 144 Å². The van der Waals surface area contributed by atoms with Crippen molar-refractivity contribution in [3.8, 4) is 11.1 Å². The molecule has 3 aromatic carbocycles. The lowest BCUT2D eigenvalue weighted by atomic mass is 9.95. The van der Waals surface area contributed by atoms with Crippen molar-refractivity contribution in [3.05, 3.63) is 113 Å². The summed E-state index contributed by atoms with van der Waals surface area (Å²) in [4.78, 5) is 20.6. The van der Waals surface area contributed by atoms with Gasteiger partial charge in [0.2, 0.25) is 15.9 Å². The van der Waals surface area contributed by atoms with E-state index in [1.807, 2.05) is 0 Å². The number of halogens is 3. The molecule has 0 radical (unpaired) electrons. The third-order valence-electron chi connectivity index (χ3n) is 6.53. The van der Waals surface area contributed by atoms with Gasteiger partial charge in [0.1, 0.15) is 23.3 Å². The molecule has 0 bridgehead atoms. The minimum absolute atomic E-state index is 0.0821. The molecular weight excluding hydrogens is 555 g/mol. The summed E-state index contributed by atoms with van der Waals surface area (Å²) in [6.45, 7) is 0. The van der Waals surface area contributed by atoms with E-state index < -0.39 is 39.4 Å². The number of amides is 1. The van der Waals surface area contributed by atoms with Crippen LogP contribution in [0.2, 0.25) is 0 Å². The number of anilines is 1. The Hall–Kier alpha value is -4.68. The van der Waals surface area contributed by atoms with Gasteiger partial charge < -0.3 is 16.0 Å². The van der Waals surface area contributed by atoms with Crippen molar-refractivity contribution >= 4 is 32.7 Å². The zero-order chi connectivity index (χ0) is 29.3. The van der Waals surface area contributed by atoms with Crippen molar-refractivity contribution < 1.29 is 26.4 Å². The zero-order valence-electron chi connectivity index (χ0n) is 21.4. The molecule has 1 unspecified atom stereocenters. The van der Waals surface area contributed by atoms with Crippen LogP contribution in [0.1, 0.15) is 22.9 Å². The first-order valence-electron chi connectivity index (χ1n) is 12.4. The number of aromatic nitrogens is 2. The van der Waals surface area contributed by atoms with Crippen molar-refractivity contribution in [3.63, 3.8) is 0 Å². The second-order valence-electron chi connectivity index (χ2n) is 9.52. The molecule has 0 fully saturated rings. The number of rotatable bonds is 8. The van der Waals surface area contributed by atoms with Gasteiger partial charge >= 0.3 is 0 Å². The van der Waals surface area contributed by atoms with Crippen LogP contribution in [0.5, 0.6) is 0 Å². The summed E-state index contributed by atoms with van der Waals surface area (Å²) in [5.41, 5.74) is 8.48. The molecule has 2 aromatic heterocycles. The number of pyridine rings is 1. The van der Waals surface area contributed by atoms with Gasteiger partial charge in [0.05, 0.1) is 23.1 Å². The maximum Gasteiger partial charge on any atom is 0.238 e. The first kappa shape index (κ1) is 27.9. The number of hydrogen-bond acceptors (Lipinski definition) is 5. The van der Waals surface area contributed by atoms with E-state index in [0.29, 0.717) is 27.6 Å². The Balaban J connectivity index is 1.56. The molecule has 12 heteroatoms. The van der Waals surface area contributed by atoms with Crippen LogP contribution in [-0.4, -0.2) is 24.3 Å². The van der Waals surface area contributed by atoms with Crippen LogP contribution in [-0.2, 0) is 27.7 Å². The molecule has 41 heavy (non-hydrogen) atoms. The molecular formula is C29H24F3N5O3S. The first-order valence-corrected chi connectivity index (χ1v) is 13.9. The summed E-state index contributed by atoms with van der Waals surface area (Å²) < 4.78 is 66.0. The average Bonchev–Trinajstić information content (AvgIpc) is 3.28. The van der Waals surface area contributed by atoms with Gasteiger partial charge in [-0.05, 0) is 77.7 Å². The quantitative estimate of drug-likeness (QED) is 0.214. The number of primary sulfonamides is 1. The molecule has 0 aliphatic rings. The monoisotopic (exact) mass is 579 g/mol. The fraction of sp³-hybridized carbons (Fsp3) is 0.103. The Morgan fingerprint density at radius 1 is 0.951 bits per heavy atom. The van der Waals surface area contributed by atoms with E-state index >= 15 is 0 Å². The van der Waals surface area contributed by atoms with E-state index in [-0.39, 0.29) is 34.8 Å². The molecule has 0 aliphatic carbocycles. The van der Waals surface area contributed by atoms with Crippen molar-refractivity contribution in [2.75, 3.05) is 5.73 Å². The van der Waals surface area contributed by atoms with Gasteiger partial charge in [0, 0.05) is 28.7 Å². The standard InChI is InChI=1S/C29H24F3N5O3S/c30-19-4-6-25-24(14-19)18(15-35-25)12-28(38)36-26(10-16-8-20(31)13-21(32)9-16)29-23(5-7-27(33)37-29)17-2-1-3-22(11-17)41(34,39)40/h1-9,11,13-15,26,35H,10,12H2,(H2,33,37)(H,36,38)(H2,34,39,40). The van der Waals surface area contributed by atoms with Crippen LogP contribution in [0.4, 0.5) is 19.0 Å². The molecule has 0 spiro atoms. The van der Waals surface area contributed by atoms with E-state index in [0.717, 1.165) is 18.2 Å². The Morgan fingerprint density at radius 3 is 2.44 bits per heavy atom. The molecule has 5 aromatic rings. The summed E-state index contributed by atoms with van der Waals surface area (Å²) in [6.07, 6.45) is 1.38. The maximum absolute atomic E-state index is 14.1. The van der Waals surface area contributed by atoms with Gasteiger partial charge in [0.15, 0.2) is 0 Å². The van der Waals surface area contributed by atoms with Crippen LogP contribution >= 0.6 is 0 Å². The highest BCUT2D eigenvalue weighted by Crippen LogP contribution is 2.32. The smallest absolute Gasteiger partial charge is 0.238 e. The number of nitrogens with two attached hydrogens (primary N) is 2. The van der Waals surface area contributed by atoms with E-state index in [1.165, 1.54) is 36.4 Å². The van der Waals surface area contributed by atoms with Gasteiger partial charge in [-0.1, -0.05) is 12.1 Å². The lowest BCUT2D eigenvalue weighted by Crippen LogP contribution is -2.32. The fourth-order valence-corrected chi connectivity index (χ4v) is 5.30. The second kappa shape index (κ2) is 11.1. The van der Waals surface area contributed by atoms with Gasteiger partial charge in [0.25, 0.3) is 0 Å². The number of carbonyl (C=O) groups is 1. The molecule has 210 valence electrons. The number of hydrogen-bond donors (Lipinski definition) is 4. The minimum Gasteiger partial charge on any atom is -0.384 e. The number of nitrogen functional groups attached to an aromatic ring is 1. The number of benzene rings is 3. The molecule has 6 N–H and O–H groups in total. The van der Waals surface area contributed by atoms with Crippen LogP contribution in [0.25, 0.3) is 22.0 Å². The van der Waals surface area contributed by atoms with Crippen LogP contribution in [0.15, 0.2) is 83.9 Å². The van der Waals surface area contributed by atoms with E-state index in [2.05, 4.69) is 15.3 Å². The van der Waals surface area contributed by atoms with E-state index in [9.17, 15) is 26.4 Å². The molecule has 8 nitrogen and oxygen atoms in total. The summed E-state index contributed by atoms with van der Waals surface area (Å²) in [5, 5.41) is 8.72. The first-order chi connectivity index (χ1) is 19.5. The summed E-state index contributed by atoms with van der Waals surface area (Å²) in [6, 6.07) is 15.2. The molecule has 2 heterocycles. The Labute approximate surface area is 233 Å². The molecule has 0 aliphatic heterocycles. The van der Waals surface area contributed by atoms with Crippen molar-refractivity contribution in [2.45, 2.75) is 23.8 Å². The zero-order valence-corrected chi connectivity index (χ0v) is 22.2. The third kappa shape index (κ3) is 6.39. The Morgan fingerprint density at radius 2 is 1.71 bits per heavy atom. The summed E-state index contributed by atoms with van der Waals surface area (Å²) in [7, 11) is -4.03. The lowest BCUT2D eigenvalue weighted by molar-refractivity contribution is -0.121. The predicted octanol–water partition coefficient (Wildman–Crippen LogP) is 4.52. The number of aromatic amines is 1. The normalized spacial score (nSPS) is 12.4. The Kier molecular flexibility index (Phi) is 7.52. The fourth-order valence-electron chi connectivity index (χ4n) is 4.74. The molecule has 0 saturated heterocycles. The molecule has 1 atom stereocenters. The van der Waals surface area contributed by atoms with Crippen molar-refractivity contribution in [1.82, 2.24) is 15.3 Å². The number of sulfonamides is 1. The van der Waals surface area contributed by atoms with Gasteiger partial charge in [-0.2, -0.15) is 0 Å². The van der Waals surface area contributed by atoms with Crippen LogP contribution in [0, 0.1) is 17.5 Å². The number of nitrogens with one attached hydrogen (secondary N) is 2. The van der Waals surface area contributed by atoms with Gasteiger partial charge in [-0.15, -0.1) is 0 Å². The lowest BCUT2D eigenvalue weighted by Gasteiger charge is -2.22. The maximum atomic E-state index is 14.1. The highest BCUT2D eigenvalue weighted by Gasteiger charge is 2.23. The van der Waals surface area contributed by atoms with Crippen LogP contribution < -0.4 is 16.2 Å². The minimum atomic E-state index is -4.03. The van der Waals surface area contributed by atoms with Crippen molar-refractivity contribution in [1.29, 1.82) is 0 Å². The third-order valence-corrected chi connectivity index (χ3v) is 7.44. The van der Waals surface area contributed by atoms with Crippen molar-refractivity contribution in [2.24, 2.45) is 5.14 Å². The summed E-state index contributed by atoms with van der Waals surface area (Å²) in [5.74, 6) is -2.44. The highest BCUT2D eigenvalue weighted by atomic mass is 32.2. The number of carbonyl (C=O) groups excluding carboxylic acids is 1. The molecule has 0 saturated carbocycles. The number of nitrogens with zero attached hydrogens (tertiary/aromatic N) is 1. The van der Waals surface area contributed by atoms with Gasteiger partial charge in [-0.25, -0.2) is 31.7 Å². The molecule has 5 rings (SSSR count). The predicted molar refractivity (Wildman–Crippen MR) is 148 cm³/mol. The molecule has 1 amide bonds. The Bertz CT molecular complexity index is 1870. The second-order valence-corrected chi connectivity index (χ2v) is 11.1. The number of fused-ring (bicyclic) bond motifs is 1. The van der Waals surface area contributed by atoms with E-state index in [1.54, 1.807) is 24.4 Å². The number of H-pyrrole nitrogens is 1. The van der Waals surface area contributed by atoms with E-state index in [4.69, 9.17) is 10.9 Å². The SMILES string of the molecule is Nc1ccc(-c2cccc(S(N)(=O)=O)c2)c(C(Cc2cc(F)cc(F)c2)NC(=O)Cc2c[nH]c3ccc(F)cc23)n1. The largest absolute Gasteiger partial charge is 0.384 e.